The van der Waals surface area contributed by atoms with E-state index >= 15 is 0 Å². The van der Waals surface area contributed by atoms with Gasteiger partial charge in [-0.1, -0.05) is 24.4 Å². The van der Waals surface area contributed by atoms with E-state index in [2.05, 4.69) is 0 Å². The molecule has 0 spiro atoms. The van der Waals surface area contributed by atoms with E-state index in [0.29, 0.717) is 17.5 Å². The third kappa shape index (κ3) is 3.78. The first-order valence-corrected chi connectivity index (χ1v) is 10.1. The first-order valence-electron chi connectivity index (χ1n) is 9.73. The van der Waals surface area contributed by atoms with Crippen molar-refractivity contribution in [3.8, 4) is 0 Å². The number of rotatable bonds is 3. The number of carbonyl (C=O) groups is 2. The predicted octanol–water partition coefficient (Wildman–Crippen LogP) is 3.78. The molecule has 7 heteroatoms. The molecule has 2 atom stereocenters. The summed E-state index contributed by atoms with van der Waals surface area (Å²) < 4.78 is 10.6. The number of fused-ring (bicyclic) bond motifs is 2. The summed E-state index contributed by atoms with van der Waals surface area (Å²) in [7, 11) is 0. The molecule has 1 saturated heterocycles. The van der Waals surface area contributed by atoms with E-state index in [1.165, 1.54) is 31.4 Å². The molecule has 2 heterocycles. The van der Waals surface area contributed by atoms with Gasteiger partial charge in [0.15, 0.2) is 12.0 Å². The van der Waals surface area contributed by atoms with Crippen molar-refractivity contribution >= 4 is 34.4 Å². The SMILES string of the molecule is O=C(OCC(=O)N1CCC[C@H]2CCCC[C@H]21)c1cc(=O)c2cc(Cl)ccc2o1. The van der Waals surface area contributed by atoms with Crippen molar-refractivity contribution in [3.63, 3.8) is 0 Å². The standard InChI is InChI=1S/C21H22ClNO5/c22-14-7-8-18-15(10-14)17(24)11-19(28-18)21(26)27-12-20(25)23-9-3-5-13-4-1-2-6-16(13)23/h7-8,10-11,13,16H,1-6,9,12H2/t13-,16-/m1/s1. The number of piperidine rings is 1. The minimum Gasteiger partial charge on any atom is -0.450 e. The Bertz CT molecular complexity index is 967. The van der Waals surface area contributed by atoms with E-state index in [1.54, 1.807) is 6.07 Å². The fraction of sp³-hybridized carbons (Fsp3) is 0.476. The zero-order valence-electron chi connectivity index (χ0n) is 15.5. The lowest BCUT2D eigenvalue weighted by molar-refractivity contribution is -0.140. The van der Waals surface area contributed by atoms with Gasteiger partial charge >= 0.3 is 5.97 Å². The molecule has 1 aromatic carbocycles. The number of ether oxygens (including phenoxy) is 1. The second-order valence-electron chi connectivity index (χ2n) is 7.53. The van der Waals surface area contributed by atoms with Crippen LogP contribution in [0.15, 0.2) is 33.5 Å². The van der Waals surface area contributed by atoms with E-state index in [1.807, 2.05) is 4.90 Å². The van der Waals surface area contributed by atoms with Gasteiger partial charge in [0.1, 0.15) is 5.58 Å². The van der Waals surface area contributed by atoms with Crippen LogP contribution in [0, 0.1) is 5.92 Å². The van der Waals surface area contributed by atoms with Crippen LogP contribution in [0.4, 0.5) is 0 Å². The minimum absolute atomic E-state index is 0.181. The normalized spacial score (nSPS) is 22.0. The lowest BCUT2D eigenvalue weighted by atomic mass is 9.78. The molecule has 1 aromatic heterocycles. The van der Waals surface area contributed by atoms with Crippen LogP contribution in [0.25, 0.3) is 11.0 Å². The topological polar surface area (TPSA) is 76.8 Å². The summed E-state index contributed by atoms with van der Waals surface area (Å²) in [6.45, 7) is 0.369. The molecule has 2 aliphatic rings. The van der Waals surface area contributed by atoms with Crippen molar-refractivity contribution in [3.05, 3.63) is 45.3 Å². The monoisotopic (exact) mass is 403 g/mol. The van der Waals surface area contributed by atoms with Crippen molar-refractivity contribution < 1.29 is 18.7 Å². The number of benzene rings is 1. The molecule has 0 N–H and O–H groups in total. The van der Waals surface area contributed by atoms with Gasteiger partial charge in [0.05, 0.1) is 5.39 Å². The van der Waals surface area contributed by atoms with Crippen LogP contribution in [0.1, 0.15) is 49.1 Å². The molecule has 1 aliphatic carbocycles. The predicted molar refractivity (Wildman–Crippen MR) is 104 cm³/mol. The number of nitrogens with zero attached hydrogens (tertiary/aromatic N) is 1. The van der Waals surface area contributed by atoms with Crippen LogP contribution in [0.5, 0.6) is 0 Å². The Labute approximate surface area is 167 Å². The molecular weight excluding hydrogens is 382 g/mol. The third-order valence-electron chi connectivity index (χ3n) is 5.78. The summed E-state index contributed by atoms with van der Waals surface area (Å²) in [6, 6.07) is 5.92. The van der Waals surface area contributed by atoms with Gasteiger partial charge in [-0.05, 0) is 49.8 Å². The van der Waals surface area contributed by atoms with Crippen LogP contribution in [0.2, 0.25) is 5.02 Å². The molecular formula is C21H22ClNO5. The highest BCUT2D eigenvalue weighted by molar-refractivity contribution is 6.31. The molecule has 6 nitrogen and oxygen atoms in total. The highest BCUT2D eigenvalue weighted by atomic mass is 35.5. The van der Waals surface area contributed by atoms with Crippen LogP contribution < -0.4 is 5.43 Å². The van der Waals surface area contributed by atoms with E-state index in [-0.39, 0.29) is 40.7 Å². The average Bonchev–Trinajstić information content (AvgIpc) is 2.71. The van der Waals surface area contributed by atoms with Gasteiger partial charge in [-0.15, -0.1) is 0 Å². The summed E-state index contributed by atoms with van der Waals surface area (Å²) in [5, 5.41) is 0.694. The highest BCUT2D eigenvalue weighted by Crippen LogP contribution is 2.35. The summed E-state index contributed by atoms with van der Waals surface area (Å²) in [4.78, 5) is 39.0. The molecule has 0 unspecified atom stereocenters. The third-order valence-corrected chi connectivity index (χ3v) is 6.02. The van der Waals surface area contributed by atoms with Gasteiger partial charge in [0.2, 0.25) is 5.76 Å². The quantitative estimate of drug-likeness (QED) is 0.729. The Hall–Kier alpha value is -2.34. The summed E-state index contributed by atoms with van der Waals surface area (Å²) in [5.41, 5.74) is -0.139. The second kappa shape index (κ2) is 7.95. The summed E-state index contributed by atoms with van der Waals surface area (Å²) in [6.07, 6.45) is 6.71. The first kappa shape index (κ1) is 19.0. The molecule has 1 amide bonds. The van der Waals surface area contributed by atoms with Gasteiger partial charge < -0.3 is 14.1 Å². The zero-order chi connectivity index (χ0) is 19.7. The highest BCUT2D eigenvalue weighted by Gasteiger charge is 2.35. The van der Waals surface area contributed by atoms with Crippen LogP contribution >= 0.6 is 11.6 Å². The van der Waals surface area contributed by atoms with Crippen molar-refractivity contribution in [1.82, 2.24) is 4.90 Å². The number of halogens is 1. The molecule has 148 valence electrons. The molecule has 0 radical (unpaired) electrons. The average molecular weight is 404 g/mol. The van der Waals surface area contributed by atoms with E-state index < -0.39 is 5.97 Å². The molecule has 1 saturated carbocycles. The van der Waals surface area contributed by atoms with Crippen molar-refractivity contribution in [2.45, 2.75) is 44.6 Å². The first-order chi connectivity index (χ1) is 13.5. The minimum atomic E-state index is -0.820. The van der Waals surface area contributed by atoms with Gasteiger partial charge in [-0.3, -0.25) is 9.59 Å². The van der Waals surface area contributed by atoms with Crippen LogP contribution in [-0.2, 0) is 9.53 Å². The van der Waals surface area contributed by atoms with Crippen molar-refractivity contribution in [2.24, 2.45) is 5.92 Å². The summed E-state index contributed by atoms with van der Waals surface area (Å²) >= 11 is 5.89. The maximum Gasteiger partial charge on any atom is 0.374 e. The number of esters is 1. The zero-order valence-corrected chi connectivity index (χ0v) is 16.2. The van der Waals surface area contributed by atoms with Crippen molar-refractivity contribution in [2.75, 3.05) is 13.2 Å². The second-order valence-corrected chi connectivity index (χ2v) is 7.97. The number of amides is 1. The lowest BCUT2D eigenvalue weighted by Gasteiger charge is -2.44. The van der Waals surface area contributed by atoms with Gasteiger partial charge in [0.25, 0.3) is 5.91 Å². The Morgan fingerprint density at radius 3 is 2.79 bits per heavy atom. The molecule has 28 heavy (non-hydrogen) atoms. The summed E-state index contributed by atoms with van der Waals surface area (Å²) in [5.74, 6) is -0.659. The van der Waals surface area contributed by atoms with Crippen LogP contribution in [-0.4, -0.2) is 36.0 Å². The molecule has 2 fully saturated rings. The number of likely N-dealkylation sites (tertiary alicyclic amines) is 1. The van der Waals surface area contributed by atoms with Crippen molar-refractivity contribution in [1.29, 1.82) is 0 Å². The molecule has 2 aromatic rings. The Morgan fingerprint density at radius 1 is 1.14 bits per heavy atom. The number of hydrogen-bond acceptors (Lipinski definition) is 5. The Kier molecular flexibility index (Phi) is 5.40. The largest absolute Gasteiger partial charge is 0.450 e. The van der Waals surface area contributed by atoms with E-state index in [9.17, 15) is 14.4 Å². The Balaban J connectivity index is 1.44. The fourth-order valence-corrected chi connectivity index (χ4v) is 4.62. The molecule has 4 rings (SSSR count). The maximum atomic E-state index is 12.6. The lowest BCUT2D eigenvalue weighted by Crippen LogP contribution is -2.50. The van der Waals surface area contributed by atoms with Gasteiger partial charge in [-0.2, -0.15) is 0 Å². The maximum absolute atomic E-state index is 12.6. The van der Waals surface area contributed by atoms with Crippen LogP contribution in [0.3, 0.4) is 0 Å². The molecule has 1 aliphatic heterocycles. The van der Waals surface area contributed by atoms with Gasteiger partial charge in [-0.25, -0.2) is 4.79 Å². The fourth-order valence-electron chi connectivity index (χ4n) is 4.44. The van der Waals surface area contributed by atoms with E-state index in [4.69, 9.17) is 20.8 Å². The van der Waals surface area contributed by atoms with Gasteiger partial charge in [0, 0.05) is 23.7 Å². The smallest absolute Gasteiger partial charge is 0.374 e. The van der Waals surface area contributed by atoms with E-state index in [0.717, 1.165) is 25.3 Å². The molecule has 0 bridgehead atoms. The number of hydrogen-bond donors (Lipinski definition) is 0. The Morgan fingerprint density at radius 2 is 1.93 bits per heavy atom. The number of carbonyl (C=O) groups excluding carboxylic acids is 2.